The molecule has 2 atom stereocenters. The Balaban J connectivity index is 1.71. The van der Waals surface area contributed by atoms with Crippen LogP contribution in [0.2, 0.25) is 0 Å². The van der Waals surface area contributed by atoms with E-state index in [9.17, 15) is 0 Å². The van der Waals surface area contributed by atoms with Gasteiger partial charge < -0.3 is 10.6 Å². The molecule has 2 fully saturated rings. The third kappa shape index (κ3) is 3.92. The second-order valence-corrected chi connectivity index (χ2v) is 6.17. The lowest BCUT2D eigenvalue weighted by Gasteiger charge is -2.40. The van der Waals surface area contributed by atoms with E-state index in [2.05, 4.69) is 28.7 Å². The fourth-order valence-corrected chi connectivity index (χ4v) is 3.11. The molecule has 2 heterocycles. The Morgan fingerprint density at radius 3 is 2.44 bits per heavy atom. The normalized spacial score (nSPS) is 32.8. The zero-order chi connectivity index (χ0) is 13.0. The molecule has 0 aromatic heterocycles. The summed E-state index contributed by atoms with van der Waals surface area (Å²) in [4.78, 5) is 7.68. The number of likely N-dealkylation sites (tertiary alicyclic amines) is 1. The number of nitrogens with two attached hydrogens (primary N) is 1. The molecule has 0 aromatic carbocycles. The largest absolute Gasteiger partial charge is 0.330 e. The molecule has 2 rings (SSSR count). The van der Waals surface area contributed by atoms with E-state index in [4.69, 9.17) is 5.73 Å². The maximum atomic E-state index is 5.82. The highest BCUT2D eigenvalue weighted by atomic mass is 15.3. The molecule has 0 spiro atoms. The average Bonchev–Trinajstić information content (AvgIpc) is 2.40. The highest BCUT2D eigenvalue weighted by molar-refractivity contribution is 4.80. The molecule has 0 aliphatic carbocycles. The van der Waals surface area contributed by atoms with E-state index < -0.39 is 0 Å². The Morgan fingerprint density at radius 1 is 1.06 bits per heavy atom. The van der Waals surface area contributed by atoms with Crippen molar-refractivity contribution in [1.82, 2.24) is 14.7 Å². The first-order valence-electron chi connectivity index (χ1n) is 7.54. The van der Waals surface area contributed by atoms with Crippen LogP contribution in [-0.4, -0.2) is 80.1 Å². The van der Waals surface area contributed by atoms with Gasteiger partial charge in [-0.2, -0.15) is 0 Å². The zero-order valence-corrected chi connectivity index (χ0v) is 12.1. The Kier molecular flexibility index (Phi) is 5.42. The van der Waals surface area contributed by atoms with Gasteiger partial charge in [-0.25, -0.2) is 0 Å². The molecule has 0 saturated carbocycles. The predicted molar refractivity (Wildman–Crippen MR) is 76.8 cm³/mol. The summed E-state index contributed by atoms with van der Waals surface area (Å²) in [6.45, 7) is 11.8. The number of nitrogens with zero attached hydrogens (tertiary/aromatic N) is 3. The first-order valence-corrected chi connectivity index (χ1v) is 7.54. The minimum absolute atomic E-state index is 0.730. The van der Waals surface area contributed by atoms with Crippen molar-refractivity contribution in [3.05, 3.63) is 0 Å². The number of piperazine rings is 1. The topological polar surface area (TPSA) is 35.7 Å². The van der Waals surface area contributed by atoms with Crippen LogP contribution in [0, 0.1) is 5.92 Å². The van der Waals surface area contributed by atoms with Gasteiger partial charge in [-0.3, -0.25) is 9.80 Å². The monoisotopic (exact) mass is 254 g/mol. The molecule has 0 aromatic rings. The van der Waals surface area contributed by atoms with E-state index >= 15 is 0 Å². The molecule has 0 amide bonds. The number of piperidine rings is 1. The van der Waals surface area contributed by atoms with Gasteiger partial charge in [0, 0.05) is 51.9 Å². The Hall–Kier alpha value is -0.160. The van der Waals surface area contributed by atoms with E-state index in [-0.39, 0.29) is 0 Å². The molecule has 2 aliphatic heterocycles. The standard InChI is InChI=1S/C14H30N4/c1-13-3-4-14(11-15)12-18(13)10-9-17-7-5-16(2)6-8-17/h13-14H,3-12,15H2,1-2H3. The first kappa shape index (κ1) is 14.3. The van der Waals surface area contributed by atoms with Gasteiger partial charge in [0.15, 0.2) is 0 Å². The number of hydrogen-bond acceptors (Lipinski definition) is 4. The second-order valence-electron chi connectivity index (χ2n) is 6.17. The highest BCUT2D eigenvalue weighted by Crippen LogP contribution is 2.20. The lowest BCUT2D eigenvalue weighted by Crippen LogP contribution is -2.50. The van der Waals surface area contributed by atoms with Crippen molar-refractivity contribution < 1.29 is 0 Å². The molecular formula is C14H30N4. The summed E-state index contributed by atoms with van der Waals surface area (Å²) < 4.78 is 0. The first-order chi connectivity index (χ1) is 8.69. The van der Waals surface area contributed by atoms with Crippen LogP contribution in [0.1, 0.15) is 19.8 Å². The van der Waals surface area contributed by atoms with Crippen molar-refractivity contribution in [1.29, 1.82) is 0 Å². The molecule has 4 heteroatoms. The van der Waals surface area contributed by atoms with E-state index in [0.29, 0.717) is 0 Å². The highest BCUT2D eigenvalue weighted by Gasteiger charge is 2.25. The van der Waals surface area contributed by atoms with Gasteiger partial charge in [0.05, 0.1) is 0 Å². The van der Waals surface area contributed by atoms with Crippen LogP contribution in [0.5, 0.6) is 0 Å². The summed E-state index contributed by atoms with van der Waals surface area (Å²) in [5.41, 5.74) is 5.82. The zero-order valence-electron chi connectivity index (χ0n) is 12.1. The van der Waals surface area contributed by atoms with Gasteiger partial charge in [-0.05, 0) is 39.3 Å². The SMILES string of the molecule is CC1CCC(CN)CN1CCN1CCN(C)CC1. The van der Waals surface area contributed by atoms with Crippen LogP contribution in [0.3, 0.4) is 0 Å². The third-order valence-electron chi connectivity index (χ3n) is 4.74. The predicted octanol–water partition coefficient (Wildman–Crippen LogP) is 0.293. The summed E-state index contributed by atoms with van der Waals surface area (Å²) >= 11 is 0. The second kappa shape index (κ2) is 6.85. The Bertz CT molecular complexity index is 238. The van der Waals surface area contributed by atoms with Crippen LogP contribution in [-0.2, 0) is 0 Å². The van der Waals surface area contributed by atoms with Crippen molar-refractivity contribution in [2.45, 2.75) is 25.8 Å². The van der Waals surface area contributed by atoms with Crippen LogP contribution in [0.25, 0.3) is 0 Å². The summed E-state index contributed by atoms with van der Waals surface area (Å²) in [5.74, 6) is 0.730. The lowest BCUT2D eigenvalue weighted by atomic mass is 9.93. The summed E-state index contributed by atoms with van der Waals surface area (Å²) in [7, 11) is 2.22. The van der Waals surface area contributed by atoms with Gasteiger partial charge in [-0.15, -0.1) is 0 Å². The van der Waals surface area contributed by atoms with Crippen molar-refractivity contribution in [2.75, 3.05) is 59.4 Å². The summed E-state index contributed by atoms with van der Waals surface area (Å²) in [6, 6.07) is 0.750. The maximum absolute atomic E-state index is 5.82. The van der Waals surface area contributed by atoms with Gasteiger partial charge in [0.2, 0.25) is 0 Å². The lowest BCUT2D eigenvalue weighted by molar-refractivity contribution is 0.0882. The van der Waals surface area contributed by atoms with Crippen molar-refractivity contribution >= 4 is 0 Å². The minimum atomic E-state index is 0.730. The maximum Gasteiger partial charge on any atom is 0.0112 e. The van der Waals surface area contributed by atoms with Gasteiger partial charge in [-0.1, -0.05) is 0 Å². The van der Waals surface area contributed by atoms with Crippen molar-refractivity contribution in [2.24, 2.45) is 11.7 Å². The number of rotatable bonds is 4. The molecule has 2 aliphatic rings. The number of likely N-dealkylation sites (N-methyl/N-ethyl adjacent to an activating group) is 1. The minimum Gasteiger partial charge on any atom is -0.330 e. The van der Waals surface area contributed by atoms with E-state index in [1.165, 1.54) is 58.7 Å². The van der Waals surface area contributed by atoms with Crippen LogP contribution >= 0.6 is 0 Å². The third-order valence-corrected chi connectivity index (χ3v) is 4.74. The van der Waals surface area contributed by atoms with E-state index in [0.717, 1.165) is 18.5 Å². The van der Waals surface area contributed by atoms with Crippen molar-refractivity contribution in [3.63, 3.8) is 0 Å². The fraction of sp³-hybridized carbons (Fsp3) is 1.00. The molecule has 0 radical (unpaired) electrons. The molecule has 18 heavy (non-hydrogen) atoms. The molecule has 106 valence electrons. The average molecular weight is 254 g/mol. The summed E-state index contributed by atoms with van der Waals surface area (Å²) in [6.07, 6.45) is 2.65. The van der Waals surface area contributed by atoms with Crippen LogP contribution in [0.4, 0.5) is 0 Å². The molecule has 0 bridgehead atoms. The van der Waals surface area contributed by atoms with Gasteiger partial charge in [0.1, 0.15) is 0 Å². The molecule has 4 nitrogen and oxygen atoms in total. The fourth-order valence-electron chi connectivity index (χ4n) is 3.11. The molecule has 2 N–H and O–H groups in total. The summed E-state index contributed by atoms with van der Waals surface area (Å²) in [5, 5.41) is 0. The molecule has 2 saturated heterocycles. The van der Waals surface area contributed by atoms with Crippen LogP contribution in [0.15, 0.2) is 0 Å². The smallest absolute Gasteiger partial charge is 0.0112 e. The van der Waals surface area contributed by atoms with Crippen molar-refractivity contribution in [3.8, 4) is 0 Å². The van der Waals surface area contributed by atoms with Crippen LogP contribution < -0.4 is 5.73 Å². The van der Waals surface area contributed by atoms with Gasteiger partial charge >= 0.3 is 0 Å². The van der Waals surface area contributed by atoms with Gasteiger partial charge in [0.25, 0.3) is 0 Å². The Labute approximate surface area is 112 Å². The molecular weight excluding hydrogens is 224 g/mol. The quantitative estimate of drug-likeness (QED) is 0.782. The molecule has 2 unspecified atom stereocenters. The van der Waals surface area contributed by atoms with E-state index in [1.807, 2.05) is 0 Å². The van der Waals surface area contributed by atoms with E-state index in [1.54, 1.807) is 0 Å². The number of hydrogen-bond donors (Lipinski definition) is 1. The Morgan fingerprint density at radius 2 is 1.78 bits per heavy atom.